The molecule has 0 aliphatic heterocycles. The van der Waals surface area contributed by atoms with Crippen LogP contribution in [0.2, 0.25) is 0 Å². The zero-order chi connectivity index (χ0) is 16.1. The topological polar surface area (TPSA) is 75.4 Å². The average molecular weight is 302 g/mol. The Hall–Kier alpha value is -1.98. The molecule has 2 unspecified atom stereocenters. The molecule has 0 spiro atoms. The minimum atomic E-state index is -0.606. The molecule has 0 amide bonds. The molecule has 1 aromatic carbocycles. The van der Waals surface area contributed by atoms with Gasteiger partial charge in [0.15, 0.2) is 11.7 Å². The van der Waals surface area contributed by atoms with E-state index in [1.807, 2.05) is 37.3 Å². The van der Waals surface area contributed by atoms with Gasteiger partial charge >= 0.3 is 0 Å². The molecule has 5 heteroatoms. The number of aliphatic hydroxyl groups excluding tert-OH is 1. The first kappa shape index (κ1) is 16.4. The van der Waals surface area contributed by atoms with E-state index in [2.05, 4.69) is 10.3 Å². The smallest absolute Gasteiger partial charge is 0.201 e. The largest absolute Gasteiger partial charge is 0.438 e. The van der Waals surface area contributed by atoms with Crippen LogP contribution in [0.25, 0.3) is 0 Å². The minimum Gasteiger partial charge on any atom is -0.438 e. The number of carbonyl (C=O) groups is 1. The lowest BCUT2D eigenvalue weighted by molar-refractivity contribution is 0.0943. The van der Waals surface area contributed by atoms with Crippen molar-refractivity contribution in [3.8, 4) is 0 Å². The van der Waals surface area contributed by atoms with Crippen LogP contribution < -0.4 is 5.32 Å². The Morgan fingerprint density at radius 1 is 1.32 bits per heavy atom. The highest BCUT2D eigenvalue weighted by molar-refractivity contribution is 5.94. The molecule has 118 valence electrons. The molecule has 2 aromatic rings. The van der Waals surface area contributed by atoms with Crippen LogP contribution in [0.5, 0.6) is 0 Å². The number of hydrogen-bond donors (Lipinski definition) is 2. The van der Waals surface area contributed by atoms with E-state index in [1.54, 1.807) is 13.8 Å². The molecule has 0 saturated carbocycles. The fourth-order valence-corrected chi connectivity index (χ4v) is 2.37. The molecular weight excluding hydrogens is 280 g/mol. The molecule has 0 bridgehead atoms. The molecule has 5 nitrogen and oxygen atoms in total. The highest BCUT2D eigenvalue weighted by Crippen LogP contribution is 2.16. The van der Waals surface area contributed by atoms with Crippen molar-refractivity contribution < 1.29 is 14.3 Å². The number of aliphatic hydroxyl groups is 1. The zero-order valence-electron chi connectivity index (χ0n) is 13.2. The minimum absolute atomic E-state index is 0.0769. The SMILES string of the molecule is Cc1nc(C)c(C(=O)CCNC(C)C(O)c2ccccc2)o1. The van der Waals surface area contributed by atoms with Gasteiger partial charge in [0, 0.05) is 25.9 Å². The number of Topliss-reactive ketones (excluding diaryl/α,β-unsaturated/α-hetero) is 1. The van der Waals surface area contributed by atoms with Crippen molar-refractivity contribution in [2.24, 2.45) is 0 Å². The summed E-state index contributed by atoms with van der Waals surface area (Å²) in [4.78, 5) is 16.2. The predicted octanol–water partition coefficient (Wildman–Crippen LogP) is 2.58. The van der Waals surface area contributed by atoms with Gasteiger partial charge in [0.2, 0.25) is 5.78 Å². The molecule has 0 fully saturated rings. The number of aryl methyl sites for hydroxylation is 2. The third-order valence-corrected chi connectivity index (χ3v) is 3.59. The van der Waals surface area contributed by atoms with E-state index in [0.29, 0.717) is 30.3 Å². The molecule has 2 rings (SSSR count). The summed E-state index contributed by atoms with van der Waals surface area (Å²) in [7, 11) is 0. The van der Waals surface area contributed by atoms with E-state index in [1.165, 1.54) is 0 Å². The first-order valence-corrected chi connectivity index (χ1v) is 7.42. The molecule has 2 N–H and O–H groups in total. The number of aromatic nitrogens is 1. The molecule has 2 atom stereocenters. The van der Waals surface area contributed by atoms with Gasteiger partial charge in [0.1, 0.15) is 0 Å². The molecule has 0 radical (unpaired) electrons. The number of oxazole rings is 1. The first-order chi connectivity index (χ1) is 10.5. The van der Waals surface area contributed by atoms with Gasteiger partial charge in [-0.15, -0.1) is 0 Å². The molecule has 0 aliphatic rings. The van der Waals surface area contributed by atoms with Crippen LogP contribution in [0.15, 0.2) is 34.7 Å². The van der Waals surface area contributed by atoms with Crippen LogP contribution in [-0.2, 0) is 0 Å². The van der Waals surface area contributed by atoms with Crippen molar-refractivity contribution in [2.75, 3.05) is 6.54 Å². The average Bonchev–Trinajstić information content (AvgIpc) is 2.86. The van der Waals surface area contributed by atoms with Gasteiger partial charge in [-0.05, 0) is 19.4 Å². The van der Waals surface area contributed by atoms with Crippen LogP contribution in [-0.4, -0.2) is 28.5 Å². The summed E-state index contributed by atoms with van der Waals surface area (Å²) < 4.78 is 5.31. The number of ketones is 1. The predicted molar refractivity (Wildman–Crippen MR) is 83.8 cm³/mol. The summed E-state index contributed by atoms with van der Waals surface area (Å²) in [6.07, 6.45) is -0.299. The molecule has 1 aromatic heterocycles. The number of nitrogens with one attached hydrogen (secondary N) is 1. The van der Waals surface area contributed by atoms with Crippen molar-refractivity contribution in [1.82, 2.24) is 10.3 Å². The van der Waals surface area contributed by atoms with Crippen molar-refractivity contribution in [3.05, 3.63) is 53.2 Å². The summed E-state index contributed by atoms with van der Waals surface area (Å²) in [6.45, 7) is 5.86. The normalized spacial score (nSPS) is 13.8. The third kappa shape index (κ3) is 4.02. The Labute approximate surface area is 130 Å². The van der Waals surface area contributed by atoms with E-state index in [-0.39, 0.29) is 11.8 Å². The maximum atomic E-state index is 12.1. The summed E-state index contributed by atoms with van der Waals surface area (Å²) in [5.74, 6) is 0.754. The van der Waals surface area contributed by atoms with Crippen molar-refractivity contribution >= 4 is 5.78 Å². The van der Waals surface area contributed by atoms with E-state index in [9.17, 15) is 9.90 Å². The van der Waals surface area contributed by atoms with Crippen LogP contribution >= 0.6 is 0 Å². The van der Waals surface area contributed by atoms with E-state index < -0.39 is 6.10 Å². The van der Waals surface area contributed by atoms with Gasteiger partial charge in [0.05, 0.1) is 11.8 Å². The van der Waals surface area contributed by atoms with Crippen LogP contribution in [0.1, 0.15) is 47.2 Å². The van der Waals surface area contributed by atoms with Gasteiger partial charge in [-0.2, -0.15) is 0 Å². The van der Waals surface area contributed by atoms with Crippen molar-refractivity contribution in [3.63, 3.8) is 0 Å². The van der Waals surface area contributed by atoms with Crippen LogP contribution in [0.4, 0.5) is 0 Å². The Kier molecular flexibility index (Phi) is 5.46. The second-order valence-corrected chi connectivity index (χ2v) is 5.42. The van der Waals surface area contributed by atoms with E-state index in [4.69, 9.17) is 4.42 Å². The zero-order valence-corrected chi connectivity index (χ0v) is 13.2. The van der Waals surface area contributed by atoms with Gasteiger partial charge in [-0.1, -0.05) is 30.3 Å². The maximum absolute atomic E-state index is 12.1. The van der Waals surface area contributed by atoms with Crippen molar-refractivity contribution in [2.45, 2.75) is 39.3 Å². The fourth-order valence-electron chi connectivity index (χ4n) is 2.37. The van der Waals surface area contributed by atoms with E-state index in [0.717, 1.165) is 5.56 Å². The van der Waals surface area contributed by atoms with Crippen molar-refractivity contribution in [1.29, 1.82) is 0 Å². The quantitative estimate of drug-likeness (QED) is 0.769. The Morgan fingerprint density at radius 3 is 2.59 bits per heavy atom. The van der Waals surface area contributed by atoms with Gasteiger partial charge < -0.3 is 14.8 Å². The summed E-state index contributed by atoms with van der Waals surface area (Å²) >= 11 is 0. The standard InChI is InChI=1S/C17H22N2O3/c1-11(16(21)14-7-5-4-6-8-14)18-10-9-15(20)17-12(2)19-13(3)22-17/h4-8,11,16,18,21H,9-10H2,1-3H3. The summed E-state index contributed by atoms with van der Waals surface area (Å²) in [5.41, 5.74) is 1.48. The summed E-state index contributed by atoms with van der Waals surface area (Å²) in [6, 6.07) is 9.32. The third-order valence-electron chi connectivity index (χ3n) is 3.59. The number of nitrogens with zero attached hydrogens (tertiary/aromatic N) is 1. The number of hydrogen-bond acceptors (Lipinski definition) is 5. The van der Waals surface area contributed by atoms with Crippen LogP contribution in [0.3, 0.4) is 0 Å². The number of benzene rings is 1. The Bertz CT molecular complexity index is 622. The fraction of sp³-hybridized carbons (Fsp3) is 0.412. The molecule has 0 saturated heterocycles. The van der Waals surface area contributed by atoms with Gasteiger partial charge in [-0.25, -0.2) is 4.98 Å². The first-order valence-electron chi connectivity index (χ1n) is 7.42. The lowest BCUT2D eigenvalue weighted by atomic mass is 10.0. The highest BCUT2D eigenvalue weighted by atomic mass is 16.4. The summed E-state index contributed by atoms with van der Waals surface area (Å²) in [5, 5.41) is 13.4. The second-order valence-electron chi connectivity index (χ2n) is 5.42. The Balaban J connectivity index is 1.83. The molecular formula is C17H22N2O3. The lowest BCUT2D eigenvalue weighted by Crippen LogP contribution is -2.33. The number of carbonyl (C=O) groups excluding carboxylic acids is 1. The Morgan fingerprint density at radius 2 is 2.00 bits per heavy atom. The molecule has 1 heterocycles. The van der Waals surface area contributed by atoms with Gasteiger partial charge in [-0.3, -0.25) is 4.79 Å². The van der Waals surface area contributed by atoms with Gasteiger partial charge in [0.25, 0.3) is 0 Å². The molecule has 22 heavy (non-hydrogen) atoms. The van der Waals surface area contributed by atoms with E-state index >= 15 is 0 Å². The van der Waals surface area contributed by atoms with Crippen LogP contribution in [0, 0.1) is 13.8 Å². The lowest BCUT2D eigenvalue weighted by Gasteiger charge is -2.20. The monoisotopic (exact) mass is 302 g/mol. The second kappa shape index (κ2) is 7.33. The maximum Gasteiger partial charge on any atom is 0.201 e. The number of rotatable bonds is 7. The molecule has 0 aliphatic carbocycles. The highest BCUT2D eigenvalue weighted by Gasteiger charge is 2.18.